The van der Waals surface area contributed by atoms with Gasteiger partial charge in [0.25, 0.3) is 0 Å². The number of phosphoric ester groups is 1. The third kappa shape index (κ3) is 55.9. The van der Waals surface area contributed by atoms with Crippen molar-refractivity contribution in [2.75, 3.05) is 40.9 Å². The number of phosphoric acid groups is 1. The van der Waals surface area contributed by atoms with Gasteiger partial charge in [0.2, 0.25) is 5.91 Å². The largest absolute Gasteiger partial charge is 0.472 e. The number of nitrogens with one attached hydrogen (secondary N) is 1. The van der Waals surface area contributed by atoms with Crippen molar-refractivity contribution in [3.63, 3.8) is 0 Å². The molecule has 0 aromatic heterocycles. The molecule has 3 unspecified atom stereocenters. The number of quaternary nitrogens is 1. The predicted octanol–water partition coefficient (Wildman–Crippen LogP) is 18.9. The van der Waals surface area contributed by atoms with Crippen LogP contribution in [0.5, 0.6) is 0 Å². The molecule has 0 aliphatic heterocycles. The predicted molar refractivity (Wildman–Crippen MR) is 314 cm³/mol. The number of unbranched alkanes of at least 4 members (excludes halogenated alkanes) is 35. The van der Waals surface area contributed by atoms with Gasteiger partial charge in [-0.25, -0.2) is 4.57 Å². The second kappa shape index (κ2) is 54.0. The van der Waals surface area contributed by atoms with Crippen molar-refractivity contribution in [1.82, 2.24) is 5.32 Å². The molecule has 3 atom stereocenters. The van der Waals surface area contributed by atoms with Gasteiger partial charge in [-0.2, -0.15) is 0 Å². The Hall–Kier alpha value is -1.80. The Bertz CT molecular complexity index is 1360. The van der Waals surface area contributed by atoms with Gasteiger partial charge in [-0.3, -0.25) is 13.8 Å². The van der Waals surface area contributed by atoms with Crippen LogP contribution in [-0.4, -0.2) is 73.4 Å². The zero-order valence-electron chi connectivity index (χ0n) is 48.2. The molecular weight excluding hydrogens is 912 g/mol. The van der Waals surface area contributed by atoms with Gasteiger partial charge < -0.3 is 19.8 Å². The van der Waals surface area contributed by atoms with Crippen LogP contribution in [0.1, 0.15) is 284 Å². The maximum Gasteiger partial charge on any atom is 0.472 e. The molecule has 0 aliphatic carbocycles. The van der Waals surface area contributed by atoms with Crippen LogP contribution in [0.4, 0.5) is 0 Å². The fraction of sp³-hybridized carbons (Fsp3) is 0.825. The Morgan fingerprint density at radius 1 is 0.486 bits per heavy atom. The van der Waals surface area contributed by atoms with Crippen LogP contribution in [0.3, 0.4) is 0 Å². The lowest BCUT2D eigenvalue weighted by Crippen LogP contribution is -2.45. The van der Waals surface area contributed by atoms with Gasteiger partial charge in [-0.15, -0.1) is 0 Å². The van der Waals surface area contributed by atoms with Crippen molar-refractivity contribution in [3.8, 4) is 0 Å². The molecule has 3 N–H and O–H groups in total. The second-order valence-corrected chi connectivity index (χ2v) is 23.5. The summed E-state index contributed by atoms with van der Waals surface area (Å²) in [5.74, 6) is -0.176. The van der Waals surface area contributed by atoms with Crippen LogP contribution in [0.15, 0.2) is 60.8 Å². The fourth-order valence-corrected chi connectivity index (χ4v) is 9.71. The first-order chi connectivity index (χ1) is 35.0. The third-order valence-corrected chi connectivity index (χ3v) is 14.7. The summed E-state index contributed by atoms with van der Waals surface area (Å²) >= 11 is 0. The zero-order chi connectivity index (χ0) is 52.7. The molecule has 72 heavy (non-hydrogen) atoms. The van der Waals surface area contributed by atoms with Gasteiger partial charge in [-0.1, -0.05) is 280 Å². The van der Waals surface area contributed by atoms with E-state index in [1.165, 1.54) is 199 Å². The average Bonchev–Trinajstić information content (AvgIpc) is 3.34. The third-order valence-electron chi connectivity index (χ3n) is 13.7. The fourth-order valence-electron chi connectivity index (χ4n) is 8.98. The van der Waals surface area contributed by atoms with Gasteiger partial charge in [0.15, 0.2) is 0 Å². The Morgan fingerprint density at radius 2 is 0.833 bits per heavy atom. The average molecular weight is 1030 g/mol. The number of rotatable bonds is 56. The molecule has 0 fully saturated rings. The molecule has 0 aliphatic rings. The van der Waals surface area contributed by atoms with E-state index in [-0.39, 0.29) is 19.1 Å². The Balaban J connectivity index is 4.16. The molecule has 0 rings (SSSR count). The number of aliphatic hydroxyl groups is 1. The van der Waals surface area contributed by atoms with Crippen LogP contribution in [0.2, 0.25) is 0 Å². The second-order valence-electron chi connectivity index (χ2n) is 22.1. The van der Waals surface area contributed by atoms with Crippen molar-refractivity contribution in [2.24, 2.45) is 0 Å². The number of carbonyl (C=O) groups excluding carboxylic acids is 1. The molecule has 9 heteroatoms. The van der Waals surface area contributed by atoms with Crippen molar-refractivity contribution in [2.45, 2.75) is 296 Å². The SMILES string of the molecule is CC/C=C\C/C=C\C/C=C\C/C=C\CCCCCCCCCCCCCCCCC(=O)NC(COP(=O)(O)OCC[N+](C)(C)C)C(O)/C=C/CCCCCCCCCCCCCCCCCCCCCCC. The van der Waals surface area contributed by atoms with Crippen molar-refractivity contribution in [3.05, 3.63) is 60.8 Å². The van der Waals surface area contributed by atoms with Crippen molar-refractivity contribution < 1.29 is 32.9 Å². The summed E-state index contributed by atoms with van der Waals surface area (Å²) in [4.78, 5) is 23.4. The van der Waals surface area contributed by atoms with Crippen LogP contribution in [0.25, 0.3) is 0 Å². The van der Waals surface area contributed by atoms with Crippen LogP contribution in [0, 0.1) is 0 Å². The number of amides is 1. The van der Waals surface area contributed by atoms with Gasteiger partial charge in [0.05, 0.1) is 39.9 Å². The van der Waals surface area contributed by atoms with Crippen molar-refractivity contribution in [1.29, 1.82) is 0 Å². The van der Waals surface area contributed by atoms with Gasteiger partial charge >= 0.3 is 7.82 Å². The van der Waals surface area contributed by atoms with E-state index < -0.39 is 20.0 Å². The first kappa shape index (κ1) is 70.2. The van der Waals surface area contributed by atoms with E-state index in [1.54, 1.807) is 6.08 Å². The lowest BCUT2D eigenvalue weighted by Gasteiger charge is -2.25. The summed E-state index contributed by atoms with van der Waals surface area (Å²) in [6.07, 6.45) is 73.3. The smallest absolute Gasteiger partial charge is 0.387 e. The summed E-state index contributed by atoms with van der Waals surface area (Å²) < 4.78 is 23.8. The van der Waals surface area contributed by atoms with E-state index in [0.717, 1.165) is 64.2 Å². The van der Waals surface area contributed by atoms with E-state index in [2.05, 4.69) is 67.8 Å². The molecule has 422 valence electrons. The highest BCUT2D eigenvalue weighted by Crippen LogP contribution is 2.43. The summed E-state index contributed by atoms with van der Waals surface area (Å²) in [5.41, 5.74) is 0. The maximum absolute atomic E-state index is 13.0. The molecular formula is C63H120N2O6P+. The Labute approximate surface area is 447 Å². The molecule has 0 aromatic rings. The monoisotopic (exact) mass is 1030 g/mol. The highest BCUT2D eigenvalue weighted by Gasteiger charge is 2.27. The minimum Gasteiger partial charge on any atom is -0.387 e. The summed E-state index contributed by atoms with van der Waals surface area (Å²) in [6, 6.07) is -0.849. The van der Waals surface area contributed by atoms with Crippen LogP contribution >= 0.6 is 7.82 Å². The molecule has 1 amide bonds. The topological polar surface area (TPSA) is 105 Å². The van der Waals surface area contributed by atoms with E-state index in [4.69, 9.17) is 9.05 Å². The molecule has 0 aromatic carbocycles. The van der Waals surface area contributed by atoms with Gasteiger partial charge in [0, 0.05) is 6.42 Å². The normalized spacial score (nSPS) is 14.3. The highest BCUT2D eigenvalue weighted by atomic mass is 31.2. The summed E-state index contributed by atoms with van der Waals surface area (Å²) in [6.45, 7) is 4.74. The van der Waals surface area contributed by atoms with E-state index in [0.29, 0.717) is 17.4 Å². The lowest BCUT2D eigenvalue weighted by atomic mass is 10.0. The van der Waals surface area contributed by atoms with Crippen molar-refractivity contribution >= 4 is 13.7 Å². The van der Waals surface area contributed by atoms with Gasteiger partial charge in [0.1, 0.15) is 13.2 Å². The van der Waals surface area contributed by atoms with Crippen LogP contribution < -0.4 is 5.32 Å². The molecule has 0 saturated carbocycles. The molecule has 0 heterocycles. The first-order valence-corrected chi connectivity index (χ1v) is 32.2. The summed E-state index contributed by atoms with van der Waals surface area (Å²) in [5, 5.41) is 14.0. The maximum atomic E-state index is 13.0. The highest BCUT2D eigenvalue weighted by molar-refractivity contribution is 7.47. The number of aliphatic hydroxyl groups excluding tert-OH is 1. The number of allylic oxidation sites excluding steroid dienone is 9. The number of likely N-dealkylation sites (N-methyl/N-ethyl adjacent to an activating group) is 1. The first-order valence-electron chi connectivity index (χ1n) is 30.7. The number of hydrogen-bond donors (Lipinski definition) is 3. The molecule has 8 nitrogen and oxygen atoms in total. The number of nitrogens with zero attached hydrogens (tertiary/aromatic N) is 1. The quantitative estimate of drug-likeness (QED) is 0.0243. The van der Waals surface area contributed by atoms with Crippen LogP contribution in [-0.2, 0) is 18.4 Å². The molecule has 0 bridgehead atoms. The summed E-state index contributed by atoms with van der Waals surface area (Å²) in [7, 11) is 1.58. The molecule has 0 saturated heterocycles. The zero-order valence-corrected chi connectivity index (χ0v) is 49.1. The Morgan fingerprint density at radius 3 is 1.22 bits per heavy atom. The standard InChI is InChI=1S/C63H119N2O6P/c1-6-8-10-12-14-16-18-20-22-24-26-28-30-31-32-33-35-37-39-41-43-45-47-49-51-53-55-57-63(67)64-61(60-71-72(68,69)70-59-58-65(3,4)5)62(66)56-54-52-50-48-46-44-42-40-38-36-34-29-27-25-23-21-19-17-15-13-11-9-7-2/h8,10,14,16,20,22,26,28,54,56,61-62,66H,6-7,9,11-13,15,17-19,21,23-25,27,29-53,55,57-60H2,1-5H3,(H-,64,67,68,69)/p+1/b10-8-,16-14-,22-20-,28-26-,56-54+. The number of carbonyl (C=O) groups is 1. The minimum absolute atomic E-state index is 0.0608. The molecule has 0 radical (unpaired) electrons. The van der Waals surface area contributed by atoms with E-state index in [1.807, 2.05) is 27.2 Å². The Kier molecular flexibility index (Phi) is 52.7. The number of hydrogen-bond acceptors (Lipinski definition) is 5. The molecule has 0 spiro atoms. The van der Waals surface area contributed by atoms with E-state index in [9.17, 15) is 19.4 Å². The van der Waals surface area contributed by atoms with E-state index >= 15 is 0 Å². The minimum atomic E-state index is -4.35. The lowest BCUT2D eigenvalue weighted by molar-refractivity contribution is -0.870. The van der Waals surface area contributed by atoms with Gasteiger partial charge in [-0.05, 0) is 57.8 Å².